The minimum atomic E-state index is -0.242. The van der Waals surface area contributed by atoms with E-state index in [0.29, 0.717) is 12.2 Å². The summed E-state index contributed by atoms with van der Waals surface area (Å²) in [5.41, 5.74) is 0.698. The van der Waals surface area contributed by atoms with Crippen LogP contribution >= 0.6 is 0 Å². The number of aryl methyl sites for hydroxylation is 1. The topological polar surface area (TPSA) is 71.5 Å². The molecule has 0 aliphatic carbocycles. The fourth-order valence-electron chi connectivity index (χ4n) is 2.87. The van der Waals surface area contributed by atoms with Gasteiger partial charge in [-0.05, 0) is 45.0 Å². The summed E-state index contributed by atoms with van der Waals surface area (Å²) in [5.74, 6) is 0.888. The maximum atomic E-state index is 12.1. The van der Waals surface area contributed by atoms with Gasteiger partial charge in [0.25, 0.3) is 5.91 Å². The highest BCUT2D eigenvalue weighted by Crippen LogP contribution is 2.24. The molecule has 0 bridgehead atoms. The molecule has 1 aliphatic rings. The quantitative estimate of drug-likeness (QED) is 0.919. The number of amides is 1. The van der Waals surface area contributed by atoms with Crippen LogP contribution in [0.2, 0.25) is 0 Å². The number of furan rings is 1. The molecule has 2 aromatic rings. The molecule has 0 spiro atoms. The van der Waals surface area contributed by atoms with Crippen molar-refractivity contribution in [3.63, 3.8) is 0 Å². The molecule has 0 aromatic carbocycles. The molecular weight excluding hydrogens is 282 g/mol. The van der Waals surface area contributed by atoms with Crippen LogP contribution in [0.4, 0.5) is 0 Å². The molecule has 1 amide bonds. The predicted octanol–water partition coefficient (Wildman–Crippen LogP) is 2.53. The summed E-state index contributed by atoms with van der Waals surface area (Å²) in [7, 11) is 0. The van der Waals surface area contributed by atoms with E-state index in [2.05, 4.69) is 15.4 Å². The van der Waals surface area contributed by atoms with Crippen LogP contribution in [0.1, 0.15) is 47.3 Å². The Hall–Kier alpha value is -2.08. The summed E-state index contributed by atoms with van der Waals surface area (Å²) < 4.78 is 10.6. The third-order valence-electron chi connectivity index (χ3n) is 4.01. The fourth-order valence-corrected chi connectivity index (χ4v) is 2.87. The zero-order chi connectivity index (χ0) is 15.4. The van der Waals surface area contributed by atoms with Crippen molar-refractivity contribution in [2.45, 2.75) is 32.2 Å². The number of nitrogens with one attached hydrogen (secondary N) is 1. The summed E-state index contributed by atoms with van der Waals surface area (Å²) >= 11 is 0. The Bertz CT molecular complexity index is 600. The number of rotatable bonds is 5. The SMILES string of the molecule is Cc1cc(C(=O)NCC(c2ccco2)N2CCCCC2)on1. The summed E-state index contributed by atoms with van der Waals surface area (Å²) in [6.45, 7) is 4.34. The summed E-state index contributed by atoms with van der Waals surface area (Å²) in [6, 6.07) is 5.54. The molecule has 2 aromatic heterocycles. The van der Waals surface area contributed by atoms with Gasteiger partial charge in [0.2, 0.25) is 5.76 Å². The summed E-state index contributed by atoms with van der Waals surface area (Å²) in [6.07, 6.45) is 5.32. The van der Waals surface area contributed by atoms with Gasteiger partial charge in [-0.3, -0.25) is 9.69 Å². The molecule has 118 valence electrons. The fraction of sp³-hybridized carbons (Fsp3) is 0.500. The maximum Gasteiger partial charge on any atom is 0.289 e. The second-order valence-electron chi connectivity index (χ2n) is 5.67. The van der Waals surface area contributed by atoms with E-state index >= 15 is 0 Å². The molecule has 1 unspecified atom stereocenters. The van der Waals surface area contributed by atoms with Crippen LogP contribution in [0.5, 0.6) is 0 Å². The first-order chi connectivity index (χ1) is 10.7. The molecule has 1 atom stereocenters. The van der Waals surface area contributed by atoms with Crippen LogP contribution in [0.15, 0.2) is 33.4 Å². The molecule has 0 radical (unpaired) electrons. The average molecular weight is 303 g/mol. The minimum Gasteiger partial charge on any atom is -0.468 e. The largest absolute Gasteiger partial charge is 0.468 e. The van der Waals surface area contributed by atoms with Crippen LogP contribution in [-0.4, -0.2) is 35.6 Å². The van der Waals surface area contributed by atoms with Gasteiger partial charge in [0.15, 0.2) is 0 Å². The summed E-state index contributed by atoms with van der Waals surface area (Å²) in [4.78, 5) is 14.5. The Morgan fingerprint density at radius 2 is 2.23 bits per heavy atom. The molecule has 6 heteroatoms. The first-order valence-electron chi connectivity index (χ1n) is 7.73. The van der Waals surface area contributed by atoms with Gasteiger partial charge in [-0.15, -0.1) is 0 Å². The lowest BCUT2D eigenvalue weighted by molar-refractivity contribution is 0.0878. The first-order valence-corrected chi connectivity index (χ1v) is 7.73. The lowest BCUT2D eigenvalue weighted by Crippen LogP contribution is -2.40. The van der Waals surface area contributed by atoms with E-state index in [9.17, 15) is 4.79 Å². The van der Waals surface area contributed by atoms with Gasteiger partial charge in [0, 0.05) is 12.6 Å². The van der Waals surface area contributed by atoms with Gasteiger partial charge in [-0.25, -0.2) is 0 Å². The highest BCUT2D eigenvalue weighted by atomic mass is 16.5. The Morgan fingerprint density at radius 1 is 1.41 bits per heavy atom. The predicted molar refractivity (Wildman–Crippen MR) is 80.4 cm³/mol. The molecule has 1 fully saturated rings. The third kappa shape index (κ3) is 3.39. The second-order valence-corrected chi connectivity index (χ2v) is 5.67. The van der Waals surface area contributed by atoms with E-state index in [0.717, 1.165) is 18.8 Å². The lowest BCUT2D eigenvalue weighted by atomic mass is 10.1. The third-order valence-corrected chi connectivity index (χ3v) is 4.01. The highest BCUT2D eigenvalue weighted by molar-refractivity contribution is 5.91. The van der Waals surface area contributed by atoms with E-state index < -0.39 is 0 Å². The monoisotopic (exact) mass is 303 g/mol. The molecular formula is C16H21N3O3. The zero-order valence-corrected chi connectivity index (χ0v) is 12.7. The highest BCUT2D eigenvalue weighted by Gasteiger charge is 2.25. The lowest BCUT2D eigenvalue weighted by Gasteiger charge is -2.33. The molecule has 6 nitrogen and oxygen atoms in total. The molecule has 3 heterocycles. The van der Waals surface area contributed by atoms with Gasteiger partial charge in [-0.1, -0.05) is 11.6 Å². The van der Waals surface area contributed by atoms with Gasteiger partial charge < -0.3 is 14.3 Å². The van der Waals surface area contributed by atoms with Crippen LogP contribution in [0.25, 0.3) is 0 Å². The molecule has 22 heavy (non-hydrogen) atoms. The molecule has 1 aliphatic heterocycles. The van der Waals surface area contributed by atoms with E-state index in [1.165, 1.54) is 19.3 Å². The molecule has 3 rings (SSSR count). The van der Waals surface area contributed by atoms with E-state index in [-0.39, 0.29) is 17.7 Å². The van der Waals surface area contributed by atoms with E-state index in [1.54, 1.807) is 19.3 Å². The number of piperidine rings is 1. The second kappa shape index (κ2) is 6.79. The Labute approximate surface area is 129 Å². The number of hydrogen-bond donors (Lipinski definition) is 1. The van der Waals surface area contributed by atoms with E-state index in [1.807, 2.05) is 12.1 Å². The van der Waals surface area contributed by atoms with E-state index in [4.69, 9.17) is 8.94 Å². The number of carbonyl (C=O) groups is 1. The van der Waals surface area contributed by atoms with Crippen LogP contribution < -0.4 is 5.32 Å². The van der Waals surface area contributed by atoms with Crippen molar-refractivity contribution in [3.05, 3.63) is 41.7 Å². The molecule has 1 saturated heterocycles. The van der Waals surface area contributed by atoms with Crippen molar-refractivity contribution >= 4 is 5.91 Å². The first kappa shape index (κ1) is 14.8. The van der Waals surface area contributed by atoms with Gasteiger partial charge in [-0.2, -0.15) is 0 Å². The molecule has 0 saturated carbocycles. The standard InChI is InChI=1S/C16H21N3O3/c1-12-10-15(22-18-12)16(20)17-11-13(14-6-5-9-21-14)19-7-3-2-4-8-19/h5-6,9-10,13H,2-4,7-8,11H2,1H3,(H,17,20). The number of carbonyl (C=O) groups excluding carboxylic acids is 1. The van der Waals surface area contributed by atoms with Gasteiger partial charge in [0.1, 0.15) is 5.76 Å². The van der Waals surface area contributed by atoms with Gasteiger partial charge in [0.05, 0.1) is 18.0 Å². The van der Waals surface area contributed by atoms with Crippen LogP contribution in [0, 0.1) is 6.92 Å². The van der Waals surface area contributed by atoms with Crippen molar-refractivity contribution in [1.29, 1.82) is 0 Å². The number of likely N-dealkylation sites (tertiary alicyclic amines) is 1. The van der Waals surface area contributed by atoms with Crippen molar-refractivity contribution in [2.75, 3.05) is 19.6 Å². The Balaban J connectivity index is 1.66. The Kier molecular flexibility index (Phi) is 4.58. The molecule has 1 N–H and O–H groups in total. The normalized spacial score (nSPS) is 17.3. The number of nitrogens with zero attached hydrogens (tertiary/aromatic N) is 2. The Morgan fingerprint density at radius 3 is 2.86 bits per heavy atom. The van der Waals surface area contributed by atoms with Crippen molar-refractivity contribution in [2.24, 2.45) is 0 Å². The summed E-state index contributed by atoms with van der Waals surface area (Å²) in [5, 5.41) is 6.66. The average Bonchev–Trinajstić information content (AvgIpc) is 3.20. The van der Waals surface area contributed by atoms with Crippen molar-refractivity contribution in [3.8, 4) is 0 Å². The van der Waals surface area contributed by atoms with Crippen molar-refractivity contribution in [1.82, 2.24) is 15.4 Å². The van der Waals surface area contributed by atoms with Crippen LogP contribution in [-0.2, 0) is 0 Å². The van der Waals surface area contributed by atoms with Crippen molar-refractivity contribution < 1.29 is 13.7 Å². The van der Waals surface area contributed by atoms with Crippen LogP contribution in [0.3, 0.4) is 0 Å². The van der Waals surface area contributed by atoms with Gasteiger partial charge >= 0.3 is 0 Å². The maximum absolute atomic E-state index is 12.1. The smallest absolute Gasteiger partial charge is 0.289 e. The minimum absolute atomic E-state index is 0.0586. The number of aromatic nitrogens is 1. The number of hydrogen-bond acceptors (Lipinski definition) is 5. The zero-order valence-electron chi connectivity index (χ0n) is 12.7.